The summed E-state index contributed by atoms with van der Waals surface area (Å²) in [5.41, 5.74) is 1.13. The van der Waals surface area contributed by atoms with E-state index in [1.54, 1.807) is 7.05 Å². The Kier molecular flexibility index (Phi) is 8.07. The molecule has 1 rings (SSSR count). The fourth-order valence-electron chi connectivity index (χ4n) is 1.65. The van der Waals surface area contributed by atoms with Gasteiger partial charge in [-0.15, -0.1) is 0 Å². The lowest BCUT2D eigenvalue weighted by molar-refractivity contribution is 0.0776. The highest BCUT2D eigenvalue weighted by molar-refractivity contribution is 6.30. The molecule has 0 heterocycles. The van der Waals surface area contributed by atoms with E-state index in [1.807, 2.05) is 38.1 Å². The molecule has 5 heteroatoms. The van der Waals surface area contributed by atoms with E-state index in [1.165, 1.54) is 0 Å². The molecular formula is C15H24ClN3O. The molecule has 0 bridgehead atoms. The quantitative estimate of drug-likeness (QED) is 0.462. The van der Waals surface area contributed by atoms with Gasteiger partial charge < -0.3 is 15.4 Å². The number of hydrogen-bond acceptors (Lipinski definition) is 2. The Morgan fingerprint density at radius 2 is 2.15 bits per heavy atom. The van der Waals surface area contributed by atoms with Crippen molar-refractivity contribution in [1.82, 2.24) is 10.6 Å². The number of benzene rings is 1. The van der Waals surface area contributed by atoms with Crippen LogP contribution in [-0.2, 0) is 11.3 Å². The van der Waals surface area contributed by atoms with Gasteiger partial charge in [0.05, 0.1) is 6.10 Å². The van der Waals surface area contributed by atoms with Gasteiger partial charge in [0.1, 0.15) is 0 Å². The van der Waals surface area contributed by atoms with Crippen molar-refractivity contribution in [2.45, 2.75) is 32.9 Å². The van der Waals surface area contributed by atoms with Crippen molar-refractivity contribution in [3.63, 3.8) is 0 Å². The summed E-state index contributed by atoms with van der Waals surface area (Å²) in [5, 5.41) is 7.25. The summed E-state index contributed by atoms with van der Waals surface area (Å²) in [4.78, 5) is 4.18. The zero-order valence-corrected chi connectivity index (χ0v) is 13.2. The first-order chi connectivity index (χ1) is 9.61. The average molecular weight is 298 g/mol. The molecule has 0 unspecified atom stereocenters. The topological polar surface area (TPSA) is 45.7 Å². The second-order valence-corrected chi connectivity index (χ2v) is 5.19. The van der Waals surface area contributed by atoms with Crippen molar-refractivity contribution in [3.05, 3.63) is 34.9 Å². The Hall–Kier alpha value is -1.26. The maximum absolute atomic E-state index is 5.95. The number of nitrogens with one attached hydrogen (secondary N) is 2. The van der Waals surface area contributed by atoms with E-state index in [9.17, 15) is 0 Å². The molecule has 0 aliphatic heterocycles. The molecule has 0 radical (unpaired) electrons. The van der Waals surface area contributed by atoms with E-state index in [0.717, 1.165) is 36.1 Å². The van der Waals surface area contributed by atoms with Gasteiger partial charge >= 0.3 is 0 Å². The fraction of sp³-hybridized carbons (Fsp3) is 0.533. The Morgan fingerprint density at radius 1 is 1.35 bits per heavy atom. The normalized spacial score (nSPS) is 11.8. The van der Waals surface area contributed by atoms with Crippen molar-refractivity contribution in [2.75, 3.05) is 20.2 Å². The first kappa shape index (κ1) is 16.8. The molecule has 112 valence electrons. The molecule has 0 spiro atoms. The molecular weight excluding hydrogens is 274 g/mol. The Morgan fingerprint density at radius 3 is 2.80 bits per heavy atom. The molecule has 2 N–H and O–H groups in total. The van der Waals surface area contributed by atoms with Crippen LogP contribution in [0.3, 0.4) is 0 Å². The number of guanidine groups is 1. The van der Waals surface area contributed by atoms with Crippen LogP contribution in [0.25, 0.3) is 0 Å². The lowest BCUT2D eigenvalue weighted by atomic mass is 10.2. The molecule has 0 atom stereocenters. The number of halogens is 1. The van der Waals surface area contributed by atoms with Gasteiger partial charge in [0.2, 0.25) is 0 Å². The second-order valence-electron chi connectivity index (χ2n) is 4.76. The van der Waals surface area contributed by atoms with E-state index in [-0.39, 0.29) is 6.10 Å². The molecule has 0 saturated heterocycles. The number of hydrogen-bond donors (Lipinski definition) is 2. The third kappa shape index (κ3) is 7.36. The highest BCUT2D eigenvalue weighted by Gasteiger charge is 1.99. The van der Waals surface area contributed by atoms with Gasteiger partial charge in [-0.05, 0) is 38.0 Å². The summed E-state index contributed by atoms with van der Waals surface area (Å²) in [6.45, 7) is 6.37. The van der Waals surface area contributed by atoms with Crippen molar-refractivity contribution >= 4 is 17.6 Å². The maximum atomic E-state index is 5.95. The molecule has 0 aromatic heterocycles. The Labute approximate surface area is 126 Å². The molecule has 0 fully saturated rings. The summed E-state index contributed by atoms with van der Waals surface area (Å²) in [7, 11) is 1.76. The zero-order chi connectivity index (χ0) is 14.8. The van der Waals surface area contributed by atoms with Crippen molar-refractivity contribution in [1.29, 1.82) is 0 Å². The lowest BCUT2D eigenvalue weighted by Gasteiger charge is -2.12. The summed E-state index contributed by atoms with van der Waals surface area (Å²) in [5.74, 6) is 0.787. The highest BCUT2D eigenvalue weighted by atomic mass is 35.5. The molecule has 0 amide bonds. The largest absolute Gasteiger partial charge is 0.379 e. The monoisotopic (exact) mass is 297 g/mol. The van der Waals surface area contributed by atoms with Crippen LogP contribution in [0.2, 0.25) is 5.02 Å². The van der Waals surface area contributed by atoms with Crippen LogP contribution in [0, 0.1) is 0 Å². The van der Waals surface area contributed by atoms with Gasteiger partial charge in [0.15, 0.2) is 5.96 Å². The average Bonchev–Trinajstić information content (AvgIpc) is 2.41. The molecule has 0 aliphatic rings. The predicted molar refractivity (Wildman–Crippen MR) is 85.4 cm³/mol. The minimum absolute atomic E-state index is 0.287. The third-order valence-electron chi connectivity index (χ3n) is 2.64. The van der Waals surface area contributed by atoms with E-state index in [0.29, 0.717) is 6.54 Å². The summed E-state index contributed by atoms with van der Waals surface area (Å²) in [6.07, 6.45) is 1.24. The van der Waals surface area contributed by atoms with Gasteiger partial charge in [-0.3, -0.25) is 4.99 Å². The molecule has 0 aliphatic carbocycles. The molecule has 20 heavy (non-hydrogen) atoms. The van der Waals surface area contributed by atoms with Crippen LogP contribution in [0.15, 0.2) is 29.3 Å². The summed E-state index contributed by atoms with van der Waals surface area (Å²) in [6, 6.07) is 7.78. The first-order valence-corrected chi connectivity index (χ1v) is 7.30. The Bertz CT molecular complexity index is 421. The van der Waals surface area contributed by atoms with E-state index >= 15 is 0 Å². The number of ether oxygens (including phenoxy) is 1. The molecule has 4 nitrogen and oxygen atoms in total. The minimum Gasteiger partial charge on any atom is -0.379 e. The van der Waals surface area contributed by atoms with Crippen LogP contribution < -0.4 is 10.6 Å². The van der Waals surface area contributed by atoms with Crippen molar-refractivity contribution in [3.8, 4) is 0 Å². The second kappa shape index (κ2) is 9.61. The highest BCUT2D eigenvalue weighted by Crippen LogP contribution is 2.10. The van der Waals surface area contributed by atoms with Crippen LogP contribution in [-0.4, -0.2) is 32.3 Å². The van der Waals surface area contributed by atoms with E-state index in [4.69, 9.17) is 16.3 Å². The van der Waals surface area contributed by atoms with E-state index < -0.39 is 0 Å². The van der Waals surface area contributed by atoms with Gasteiger partial charge in [0, 0.05) is 31.8 Å². The predicted octanol–water partition coefficient (Wildman–Crippen LogP) is 2.82. The summed E-state index contributed by atoms with van der Waals surface area (Å²) >= 11 is 5.95. The van der Waals surface area contributed by atoms with Crippen LogP contribution >= 0.6 is 11.6 Å². The third-order valence-corrected chi connectivity index (χ3v) is 2.87. The van der Waals surface area contributed by atoms with Crippen LogP contribution in [0.5, 0.6) is 0 Å². The lowest BCUT2D eigenvalue weighted by Crippen LogP contribution is -2.37. The standard InChI is InChI=1S/C15H24ClN3O/c1-12(2)20-9-5-8-18-15(17-3)19-11-13-6-4-7-14(16)10-13/h4,6-7,10,12H,5,8-9,11H2,1-3H3,(H2,17,18,19). The smallest absolute Gasteiger partial charge is 0.191 e. The molecule has 0 saturated carbocycles. The van der Waals surface area contributed by atoms with Gasteiger partial charge in [0.25, 0.3) is 0 Å². The molecule has 1 aromatic rings. The van der Waals surface area contributed by atoms with Gasteiger partial charge in [-0.2, -0.15) is 0 Å². The van der Waals surface area contributed by atoms with Crippen LogP contribution in [0.4, 0.5) is 0 Å². The van der Waals surface area contributed by atoms with Gasteiger partial charge in [-0.25, -0.2) is 0 Å². The molecule has 1 aromatic carbocycles. The number of nitrogens with zero attached hydrogens (tertiary/aromatic N) is 1. The number of rotatable bonds is 7. The van der Waals surface area contributed by atoms with Crippen LogP contribution in [0.1, 0.15) is 25.8 Å². The number of aliphatic imine (C=N–C) groups is 1. The maximum Gasteiger partial charge on any atom is 0.191 e. The first-order valence-electron chi connectivity index (χ1n) is 6.92. The fourth-order valence-corrected chi connectivity index (χ4v) is 1.86. The SMILES string of the molecule is CN=C(NCCCOC(C)C)NCc1cccc(Cl)c1. The zero-order valence-electron chi connectivity index (χ0n) is 12.4. The van der Waals surface area contributed by atoms with Gasteiger partial charge in [-0.1, -0.05) is 23.7 Å². The summed E-state index contributed by atoms with van der Waals surface area (Å²) < 4.78 is 5.48. The Balaban J connectivity index is 2.23. The minimum atomic E-state index is 0.287. The van der Waals surface area contributed by atoms with E-state index in [2.05, 4.69) is 15.6 Å². The van der Waals surface area contributed by atoms with Crippen molar-refractivity contribution < 1.29 is 4.74 Å². The van der Waals surface area contributed by atoms with Crippen molar-refractivity contribution in [2.24, 2.45) is 4.99 Å².